The van der Waals surface area contributed by atoms with Gasteiger partial charge >= 0.3 is 9.92 Å². The van der Waals surface area contributed by atoms with Crippen LogP contribution < -0.4 is 0 Å². The summed E-state index contributed by atoms with van der Waals surface area (Å²) in [6.07, 6.45) is 1.24. The van der Waals surface area contributed by atoms with Crippen molar-refractivity contribution in [3.8, 4) is 0 Å². The van der Waals surface area contributed by atoms with Crippen molar-refractivity contribution in [3.05, 3.63) is 22.0 Å². The molecule has 0 saturated carbocycles. The fraction of sp³-hybridized carbons (Fsp3) is 0.429. The highest BCUT2D eigenvalue weighted by atomic mass is 127. The first kappa shape index (κ1) is 12.8. The van der Waals surface area contributed by atoms with E-state index < -0.39 is 8.90 Å². The molecule has 1 aromatic heterocycles. The van der Waals surface area contributed by atoms with Gasteiger partial charge in [0.25, 0.3) is 0 Å². The van der Waals surface area contributed by atoms with Crippen LogP contribution in [0.15, 0.2) is 6.20 Å². The van der Waals surface area contributed by atoms with Crippen LogP contribution in [-0.2, 0) is 17.9 Å². The molecule has 0 aromatic carbocycles. The highest BCUT2D eigenvalue weighted by Crippen LogP contribution is 2.14. The molecule has 88 valence electrons. The van der Waals surface area contributed by atoms with E-state index in [4.69, 9.17) is 9.84 Å². The van der Waals surface area contributed by atoms with Crippen molar-refractivity contribution in [2.24, 2.45) is 0 Å². The van der Waals surface area contributed by atoms with Gasteiger partial charge in [-0.15, -0.1) is 0 Å². The summed E-state index contributed by atoms with van der Waals surface area (Å²) in [7, 11) is 0. The normalized spacial score (nSPS) is 10.1. The van der Waals surface area contributed by atoms with E-state index in [2.05, 4.69) is 4.98 Å². The van der Waals surface area contributed by atoms with Crippen molar-refractivity contribution >= 4 is 32.5 Å². The van der Waals surface area contributed by atoms with Gasteiger partial charge in [-0.1, -0.05) is 4.98 Å². The first-order chi connectivity index (χ1) is 7.56. The zero-order valence-corrected chi connectivity index (χ0v) is 10.2. The minimum absolute atomic E-state index is 0.0322. The minimum atomic E-state index is -0.662. The third kappa shape index (κ3) is 3.13. The first-order valence-electron chi connectivity index (χ1n) is 4.18. The Hall–Kier alpha value is -1.23. The Bertz CT molecular complexity index is 405. The van der Waals surface area contributed by atoms with Crippen molar-refractivity contribution in [2.45, 2.75) is 13.2 Å². The average Bonchev–Trinajstić information content (AvgIpc) is 2.59. The molecule has 0 radical (unpaired) electrons. The van der Waals surface area contributed by atoms with E-state index in [1.807, 2.05) is 0 Å². The van der Waals surface area contributed by atoms with Crippen LogP contribution in [-0.4, -0.2) is 30.2 Å². The third-order valence-corrected chi connectivity index (χ3v) is 2.05. The minimum Gasteiger partial charge on any atom is -0.450 e. The lowest BCUT2D eigenvalue weighted by Crippen LogP contribution is -2.11. The smallest absolute Gasteiger partial charge is 0.434 e. The molecular formula is C7H8IN3O5. The molecule has 0 aliphatic heterocycles. The van der Waals surface area contributed by atoms with E-state index in [9.17, 15) is 14.9 Å². The number of halogens is 1. The molecule has 1 rings (SSSR count). The van der Waals surface area contributed by atoms with Crippen LogP contribution in [0.5, 0.6) is 0 Å². The van der Waals surface area contributed by atoms with Gasteiger partial charge in [0.05, 0.1) is 35.7 Å². The molecule has 1 heterocycles. The standard InChI is InChI=1S/C7H8IN3O5/c8-6(13)16-4-5-3-9-7(11(14)15)10(5)1-2-12/h3,12H,1-2,4H2. The zero-order valence-electron chi connectivity index (χ0n) is 8.00. The van der Waals surface area contributed by atoms with Crippen molar-refractivity contribution in [3.63, 3.8) is 0 Å². The summed E-state index contributed by atoms with van der Waals surface area (Å²) < 4.78 is 5.37. The quantitative estimate of drug-likeness (QED) is 0.368. The second-order valence-electron chi connectivity index (χ2n) is 2.71. The van der Waals surface area contributed by atoms with Crippen molar-refractivity contribution in [1.82, 2.24) is 9.55 Å². The monoisotopic (exact) mass is 341 g/mol. The third-order valence-electron chi connectivity index (χ3n) is 1.74. The maximum absolute atomic E-state index is 10.6. The van der Waals surface area contributed by atoms with Gasteiger partial charge in [0, 0.05) is 0 Å². The van der Waals surface area contributed by atoms with Crippen molar-refractivity contribution < 1.29 is 19.6 Å². The molecule has 0 saturated heterocycles. The van der Waals surface area contributed by atoms with E-state index in [0.717, 1.165) is 0 Å². The molecule has 16 heavy (non-hydrogen) atoms. The lowest BCUT2D eigenvalue weighted by atomic mass is 10.5. The molecule has 0 unspecified atom stereocenters. The predicted octanol–water partition coefficient (Wildman–Crippen LogP) is 0.855. The number of nitrogens with zero attached hydrogens (tertiary/aromatic N) is 3. The lowest BCUT2D eigenvalue weighted by molar-refractivity contribution is -0.396. The van der Waals surface area contributed by atoms with Gasteiger partial charge in [0.1, 0.15) is 12.8 Å². The zero-order chi connectivity index (χ0) is 12.1. The Morgan fingerprint density at radius 1 is 1.75 bits per heavy atom. The van der Waals surface area contributed by atoms with E-state index in [-0.39, 0.29) is 25.7 Å². The number of aliphatic hydroxyl groups excluding tert-OH is 1. The summed E-state index contributed by atoms with van der Waals surface area (Å²) in [5, 5.41) is 19.3. The van der Waals surface area contributed by atoms with Crippen molar-refractivity contribution in [2.75, 3.05) is 6.61 Å². The summed E-state index contributed by atoms with van der Waals surface area (Å²) >= 11 is 1.45. The highest BCUT2D eigenvalue weighted by molar-refractivity contribution is 14.1. The second kappa shape index (κ2) is 5.75. The Kier molecular flexibility index (Phi) is 4.61. The summed E-state index contributed by atoms with van der Waals surface area (Å²) in [5.41, 5.74) is 0.366. The summed E-state index contributed by atoms with van der Waals surface area (Å²) in [6, 6.07) is 0. The molecule has 9 heteroatoms. The molecule has 1 aromatic rings. The number of hydrogen-bond donors (Lipinski definition) is 1. The van der Waals surface area contributed by atoms with E-state index >= 15 is 0 Å². The topological polar surface area (TPSA) is 107 Å². The van der Waals surface area contributed by atoms with Crippen LogP contribution >= 0.6 is 22.6 Å². The van der Waals surface area contributed by atoms with Gasteiger partial charge in [0.2, 0.25) is 0 Å². The molecule has 0 fully saturated rings. The number of rotatable bonds is 5. The molecule has 0 spiro atoms. The number of carbonyl (C=O) groups excluding carboxylic acids is 1. The second-order valence-corrected chi connectivity index (χ2v) is 3.59. The predicted molar refractivity (Wildman–Crippen MR) is 60.2 cm³/mol. The largest absolute Gasteiger partial charge is 0.450 e. The number of nitro groups is 1. The Labute approximate surface area is 104 Å². The van der Waals surface area contributed by atoms with E-state index in [0.29, 0.717) is 5.69 Å². The van der Waals surface area contributed by atoms with Crippen LogP contribution in [0.25, 0.3) is 0 Å². The summed E-state index contributed by atoms with van der Waals surface area (Å²) in [6.45, 7) is -0.338. The highest BCUT2D eigenvalue weighted by Gasteiger charge is 2.20. The molecule has 0 aliphatic carbocycles. The van der Waals surface area contributed by atoms with Crippen LogP contribution in [0.3, 0.4) is 0 Å². The number of aliphatic hydroxyl groups is 1. The van der Waals surface area contributed by atoms with Gasteiger partial charge in [-0.3, -0.25) is 0 Å². The lowest BCUT2D eigenvalue weighted by Gasteiger charge is -2.03. The first-order valence-corrected chi connectivity index (χ1v) is 5.26. The van der Waals surface area contributed by atoms with Gasteiger partial charge in [-0.25, -0.2) is 9.36 Å². The molecule has 1 N–H and O–H groups in total. The van der Waals surface area contributed by atoms with Gasteiger partial charge in [-0.2, -0.15) is 0 Å². The van der Waals surface area contributed by atoms with Crippen LogP contribution in [0.4, 0.5) is 10.7 Å². The number of hydrogen-bond acceptors (Lipinski definition) is 6. The van der Waals surface area contributed by atoms with Crippen LogP contribution in [0.1, 0.15) is 5.69 Å². The van der Waals surface area contributed by atoms with E-state index in [1.54, 1.807) is 0 Å². The number of carbonyl (C=O) groups is 1. The average molecular weight is 341 g/mol. The number of ether oxygens (including phenoxy) is 1. The van der Waals surface area contributed by atoms with E-state index in [1.165, 1.54) is 33.4 Å². The Morgan fingerprint density at radius 2 is 2.44 bits per heavy atom. The van der Waals surface area contributed by atoms with Crippen LogP contribution in [0, 0.1) is 10.1 Å². The fourth-order valence-corrected chi connectivity index (χ4v) is 1.29. The van der Waals surface area contributed by atoms with Crippen LogP contribution in [0.2, 0.25) is 0 Å². The molecule has 0 amide bonds. The Morgan fingerprint density at radius 3 is 2.94 bits per heavy atom. The van der Waals surface area contributed by atoms with Gasteiger partial charge in [0.15, 0.2) is 5.69 Å². The van der Waals surface area contributed by atoms with Crippen molar-refractivity contribution in [1.29, 1.82) is 0 Å². The molecule has 0 aliphatic rings. The number of imidazole rings is 1. The van der Waals surface area contributed by atoms with Gasteiger partial charge < -0.3 is 20.0 Å². The van der Waals surface area contributed by atoms with Gasteiger partial charge in [-0.05, 0) is 4.92 Å². The molecular weight excluding hydrogens is 333 g/mol. The molecule has 8 nitrogen and oxygen atoms in total. The summed E-state index contributed by atoms with van der Waals surface area (Å²) in [4.78, 5) is 24.1. The number of aromatic nitrogens is 2. The summed E-state index contributed by atoms with van der Waals surface area (Å²) in [5.74, 6) is -0.381. The maximum Gasteiger partial charge on any atom is 0.434 e. The molecule has 0 atom stereocenters. The fourth-order valence-electron chi connectivity index (χ4n) is 1.14. The molecule has 0 bridgehead atoms. The maximum atomic E-state index is 10.6. The Balaban J connectivity index is 2.90. The SMILES string of the molecule is O=C(I)OCc1cnc([N+](=O)[O-])n1CCO.